The van der Waals surface area contributed by atoms with E-state index in [1.165, 1.54) is 0 Å². The number of para-hydroxylation sites is 2. The smallest absolute Gasteiger partial charge is 0.318 e. The lowest BCUT2D eigenvalue weighted by Crippen LogP contribution is -2.54. The van der Waals surface area contributed by atoms with Crippen molar-refractivity contribution in [2.45, 2.75) is 13.8 Å². The number of amides is 4. The van der Waals surface area contributed by atoms with Crippen LogP contribution in [0.1, 0.15) is 17.0 Å². The van der Waals surface area contributed by atoms with Crippen molar-refractivity contribution >= 4 is 29.6 Å². The van der Waals surface area contributed by atoms with Gasteiger partial charge in [-0.05, 0) is 55.8 Å². The fraction of sp³-hybridized carbons (Fsp3) is 0.0870. The first-order valence-corrected chi connectivity index (χ1v) is 9.18. The van der Waals surface area contributed by atoms with E-state index in [4.69, 9.17) is 0 Å². The summed E-state index contributed by atoms with van der Waals surface area (Å²) in [6, 6.07) is 19.5. The van der Waals surface area contributed by atoms with Crippen LogP contribution in [-0.2, 0) is 9.59 Å². The third kappa shape index (κ3) is 3.25. The second-order valence-electron chi connectivity index (χ2n) is 6.79. The van der Waals surface area contributed by atoms with Crippen molar-refractivity contribution < 1.29 is 14.4 Å². The number of aromatic nitrogens is 1. The van der Waals surface area contributed by atoms with Gasteiger partial charge in [0.15, 0.2) is 0 Å². The van der Waals surface area contributed by atoms with E-state index >= 15 is 0 Å². The van der Waals surface area contributed by atoms with E-state index in [2.05, 4.69) is 9.88 Å². The Morgan fingerprint density at radius 1 is 0.828 bits per heavy atom. The average Bonchev–Trinajstić information content (AvgIpc) is 2.99. The molecule has 0 radical (unpaired) electrons. The predicted octanol–water partition coefficient (Wildman–Crippen LogP) is 3.76. The molecule has 3 aromatic rings. The summed E-state index contributed by atoms with van der Waals surface area (Å²) in [6.45, 7) is 3.89. The lowest BCUT2D eigenvalue weighted by molar-refractivity contribution is -0.122. The molecule has 4 amide bonds. The zero-order valence-electron chi connectivity index (χ0n) is 16.0. The number of hydrogen-bond acceptors (Lipinski definition) is 3. The van der Waals surface area contributed by atoms with Gasteiger partial charge in [0.2, 0.25) is 0 Å². The highest BCUT2D eigenvalue weighted by molar-refractivity contribution is 6.39. The van der Waals surface area contributed by atoms with Crippen molar-refractivity contribution in [3.8, 4) is 5.69 Å². The predicted molar refractivity (Wildman–Crippen MR) is 111 cm³/mol. The first-order valence-electron chi connectivity index (χ1n) is 9.18. The minimum atomic E-state index is -0.752. The molecule has 0 atom stereocenters. The number of nitrogens with zero attached hydrogens (tertiary/aromatic N) is 2. The first kappa shape index (κ1) is 18.4. The van der Waals surface area contributed by atoms with Crippen molar-refractivity contribution in [3.05, 3.63) is 89.3 Å². The number of rotatable bonds is 3. The number of hydrogen-bond donors (Lipinski definition) is 1. The zero-order valence-corrected chi connectivity index (χ0v) is 16.0. The van der Waals surface area contributed by atoms with E-state index in [1.54, 1.807) is 36.4 Å². The Morgan fingerprint density at radius 2 is 1.41 bits per heavy atom. The van der Waals surface area contributed by atoms with Gasteiger partial charge in [-0.2, -0.15) is 0 Å². The molecular weight excluding hydrogens is 366 g/mol. The number of imide groups is 2. The molecule has 4 rings (SSSR count). The van der Waals surface area contributed by atoms with Crippen molar-refractivity contribution in [1.29, 1.82) is 0 Å². The van der Waals surface area contributed by atoms with Gasteiger partial charge in [-0.25, -0.2) is 9.69 Å². The number of benzene rings is 2. The number of aryl methyl sites for hydroxylation is 1. The number of barbiturate groups is 1. The highest BCUT2D eigenvalue weighted by Gasteiger charge is 2.36. The lowest BCUT2D eigenvalue weighted by atomic mass is 10.1. The molecule has 0 saturated carbocycles. The molecule has 1 aliphatic heterocycles. The molecule has 0 bridgehead atoms. The molecule has 1 fully saturated rings. The Morgan fingerprint density at radius 3 is 2.03 bits per heavy atom. The maximum Gasteiger partial charge on any atom is 0.335 e. The topological polar surface area (TPSA) is 71.4 Å². The molecule has 2 heterocycles. The Kier molecular flexibility index (Phi) is 4.60. The average molecular weight is 385 g/mol. The van der Waals surface area contributed by atoms with Gasteiger partial charge in [-0.1, -0.05) is 36.4 Å². The van der Waals surface area contributed by atoms with Gasteiger partial charge >= 0.3 is 6.03 Å². The summed E-state index contributed by atoms with van der Waals surface area (Å²) in [5, 5.41) is 2.25. The molecule has 6 nitrogen and oxygen atoms in total. The zero-order chi connectivity index (χ0) is 20.5. The van der Waals surface area contributed by atoms with Crippen molar-refractivity contribution in [2.75, 3.05) is 4.90 Å². The second kappa shape index (κ2) is 7.24. The highest BCUT2D eigenvalue weighted by Crippen LogP contribution is 2.25. The van der Waals surface area contributed by atoms with Crippen molar-refractivity contribution in [2.24, 2.45) is 0 Å². The van der Waals surface area contributed by atoms with Crippen LogP contribution in [0.4, 0.5) is 10.5 Å². The van der Waals surface area contributed by atoms with Crippen LogP contribution >= 0.6 is 0 Å². The number of carbonyl (C=O) groups is 3. The molecule has 144 valence electrons. The normalized spacial score (nSPS) is 15.7. The standard InChI is InChI=1S/C23H19N3O3/c1-15-13-17(16(2)25(15)18-9-5-3-6-10-18)14-20-21(27)24-23(29)26(22(20)28)19-11-7-4-8-12-19/h3-14H,1-2H3,(H,24,27,29)/b20-14-. The van der Waals surface area contributed by atoms with Crippen LogP contribution in [0.2, 0.25) is 0 Å². The van der Waals surface area contributed by atoms with Crippen molar-refractivity contribution in [1.82, 2.24) is 9.88 Å². The molecule has 2 aromatic carbocycles. The molecular formula is C23H19N3O3. The number of carbonyl (C=O) groups excluding carboxylic acids is 3. The Labute approximate surface area is 168 Å². The maximum absolute atomic E-state index is 13.0. The van der Waals surface area contributed by atoms with Crippen LogP contribution in [0.5, 0.6) is 0 Å². The molecule has 0 unspecified atom stereocenters. The van der Waals surface area contributed by atoms with Gasteiger partial charge in [0.1, 0.15) is 5.57 Å². The SMILES string of the molecule is Cc1cc(/C=C2/C(=O)NC(=O)N(c3ccccc3)C2=O)c(C)n1-c1ccccc1. The first-order chi connectivity index (χ1) is 14.0. The molecule has 1 saturated heterocycles. The lowest BCUT2D eigenvalue weighted by Gasteiger charge is -2.26. The molecule has 29 heavy (non-hydrogen) atoms. The van der Waals surface area contributed by atoms with Crippen LogP contribution in [0, 0.1) is 13.8 Å². The van der Waals surface area contributed by atoms with E-state index in [9.17, 15) is 14.4 Å². The van der Waals surface area contributed by atoms with Gasteiger partial charge in [0.05, 0.1) is 5.69 Å². The van der Waals surface area contributed by atoms with Crippen LogP contribution < -0.4 is 10.2 Å². The number of nitrogens with one attached hydrogen (secondary N) is 1. The van der Waals surface area contributed by atoms with E-state index in [0.717, 1.165) is 27.5 Å². The second-order valence-corrected chi connectivity index (χ2v) is 6.79. The van der Waals surface area contributed by atoms with Crippen LogP contribution in [-0.4, -0.2) is 22.4 Å². The summed E-state index contributed by atoms with van der Waals surface area (Å²) in [5.41, 5.74) is 3.93. The summed E-state index contributed by atoms with van der Waals surface area (Å²) in [5.74, 6) is -1.34. The largest absolute Gasteiger partial charge is 0.335 e. The Balaban J connectivity index is 1.77. The third-order valence-corrected chi connectivity index (χ3v) is 4.90. The van der Waals surface area contributed by atoms with Gasteiger partial charge < -0.3 is 4.57 Å². The molecule has 6 heteroatoms. The molecule has 1 N–H and O–H groups in total. The monoisotopic (exact) mass is 385 g/mol. The molecule has 1 aliphatic rings. The van der Waals surface area contributed by atoms with Crippen LogP contribution in [0.25, 0.3) is 11.8 Å². The van der Waals surface area contributed by atoms with E-state index in [0.29, 0.717) is 5.69 Å². The van der Waals surface area contributed by atoms with E-state index in [1.807, 2.05) is 50.2 Å². The van der Waals surface area contributed by atoms with Gasteiger partial charge in [0, 0.05) is 17.1 Å². The third-order valence-electron chi connectivity index (χ3n) is 4.90. The molecule has 1 aromatic heterocycles. The Bertz CT molecular complexity index is 1140. The van der Waals surface area contributed by atoms with Gasteiger partial charge in [0.25, 0.3) is 11.8 Å². The van der Waals surface area contributed by atoms with E-state index < -0.39 is 17.8 Å². The maximum atomic E-state index is 13.0. The van der Waals surface area contributed by atoms with Gasteiger partial charge in [-0.3, -0.25) is 14.9 Å². The summed E-state index contributed by atoms with van der Waals surface area (Å²) in [7, 11) is 0. The highest BCUT2D eigenvalue weighted by atomic mass is 16.2. The van der Waals surface area contributed by atoms with E-state index in [-0.39, 0.29) is 5.57 Å². The summed E-state index contributed by atoms with van der Waals surface area (Å²) in [6.07, 6.45) is 1.54. The number of urea groups is 1. The quantitative estimate of drug-likeness (QED) is 0.551. The molecule has 0 aliphatic carbocycles. The fourth-order valence-corrected chi connectivity index (χ4v) is 3.53. The van der Waals surface area contributed by atoms with Gasteiger partial charge in [-0.15, -0.1) is 0 Å². The molecule has 0 spiro atoms. The summed E-state index contributed by atoms with van der Waals surface area (Å²) in [4.78, 5) is 38.6. The van der Waals surface area contributed by atoms with Crippen LogP contribution in [0.15, 0.2) is 72.3 Å². The number of anilines is 1. The minimum absolute atomic E-state index is 0.0817. The fourth-order valence-electron chi connectivity index (χ4n) is 3.53. The summed E-state index contributed by atoms with van der Waals surface area (Å²) >= 11 is 0. The van der Waals surface area contributed by atoms with Crippen molar-refractivity contribution in [3.63, 3.8) is 0 Å². The summed E-state index contributed by atoms with van der Waals surface area (Å²) < 4.78 is 2.05. The Hall–Kier alpha value is -3.93. The van der Waals surface area contributed by atoms with Crippen LogP contribution in [0.3, 0.4) is 0 Å². The minimum Gasteiger partial charge on any atom is -0.318 e.